The number of rotatable bonds is 32. The van der Waals surface area contributed by atoms with Crippen molar-refractivity contribution in [2.24, 2.45) is 17.4 Å². The molecular weight excluding hydrogens is 878 g/mol. The molecule has 1 fully saturated rings. The molecule has 0 aromatic heterocycles. The van der Waals surface area contributed by atoms with Crippen LogP contribution in [0.15, 0.2) is 0 Å². The van der Waals surface area contributed by atoms with E-state index in [2.05, 4.69) is 42.5 Å². The number of aliphatic carboxylic acids is 3. The molecular formula is C39H65N11O16. The van der Waals surface area contributed by atoms with Gasteiger partial charge in [-0.05, 0) is 77.3 Å². The van der Waals surface area contributed by atoms with E-state index in [0.717, 1.165) is 6.42 Å². The number of aliphatic hydroxyl groups is 1. The van der Waals surface area contributed by atoms with Crippen LogP contribution in [0.1, 0.15) is 91.4 Å². The van der Waals surface area contributed by atoms with Crippen molar-refractivity contribution in [2.45, 2.75) is 140 Å². The SMILES string of the molecule is CC(C)[C@H](NC(=O)CNC(=O)[C@H](CCC(N)=O)NC(=O)[C@@H]1CCCN1)C(=O)N[C@@H](CCC(=O)O)C(=O)N[C@@H](C)C(=O)N[C@@H](CCCCN)C(=O)N[C@@H](CO)C(=O)N[C@@H](CCC(=O)O)C(=O)O. The number of nitrogens with two attached hydrogens (primary N) is 2. The van der Waals surface area contributed by atoms with Crippen LogP contribution in [0.3, 0.4) is 0 Å². The molecule has 27 nitrogen and oxygen atoms in total. The summed E-state index contributed by atoms with van der Waals surface area (Å²) in [6.45, 7) is 3.37. The highest BCUT2D eigenvalue weighted by Gasteiger charge is 2.34. The van der Waals surface area contributed by atoms with Crippen molar-refractivity contribution >= 4 is 71.1 Å². The predicted octanol–water partition coefficient (Wildman–Crippen LogP) is -5.87. The number of nitrogens with one attached hydrogen (secondary N) is 9. The molecule has 66 heavy (non-hydrogen) atoms. The van der Waals surface area contributed by atoms with Crippen LogP contribution >= 0.6 is 0 Å². The summed E-state index contributed by atoms with van der Waals surface area (Å²) in [5, 5.41) is 59.1. The first-order valence-corrected chi connectivity index (χ1v) is 21.4. The third kappa shape index (κ3) is 21.9. The summed E-state index contributed by atoms with van der Waals surface area (Å²) in [6, 6.07) is -11.0. The number of primary amides is 1. The third-order valence-corrected chi connectivity index (χ3v) is 10.1. The topological polar surface area (TPSA) is 446 Å². The fraction of sp³-hybridized carbons (Fsp3) is 0.692. The third-order valence-electron chi connectivity index (χ3n) is 10.1. The number of hydrogen-bond acceptors (Lipinski definition) is 15. The van der Waals surface area contributed by atoms with Crippen LogP contribution in [0, 0.1) is 5.92 Å². The van der Waals surface area contributed by atoms with Gasteiger partial charge in [0.05, 0.1) is 19.2 Å². The summed E-state index contributed by atoms with van der Waals surface area (Å²) in [5.41, 5.74) is 10.8. The van der Waals surface area contributed by atoms with E-state index in [1.54, 1.807) is 13.8 Å². The highest BCUT2D eigenvalue weighted by Crippen LogP contribution is 2.09. The van der Waals surface area contributed by atoms with Gasteiger partial charge in [-0.2, -0.15) is 0 Å². The van der Waals surface area contributed by atoms with Gasteiger partial charge >= 0.3 is 17.9 Å². The molecule has 0 saturated carbocycles. The molecule has 0 aliphatic carbocycles. The lowest BCUT2D eigenvalue weighted by atomic mass is 10.0. The number of carboxylic acid groups (broad SMARTS) is 3. The predicted molar refractivity (Wildman–Crippen MR) is 228 cm³/mol. The van der Waals surface area contributed by atoms with E-state index >= 15 is 0 Å². The standard InChI is InChI=1S/C39H65N11O16/c1-19(2)31(50-28(53)17-43-33(59)23(9-12-27(41)52)46-34(60)21-8-6-16-42-21)38(64)47-24(10-13-29(54)55)35(61)44-20(3)32(58)45-22(7-4-5-15-40)36(62)49-26(18-51)37(63)48-25(39(65)66)11-14-30(56)57/h19-26,31,42,51H,4-18,40H2,1-3H3,(H2,41,52)(H,43,59)(H,44,61)(H,45,58)(H,46,60)(H,47,64)(H,48,63)(H,49,62)(H,50,53)(H,54,55)(H,56,57)(H,65,66)/t20-,21-,22-,23-,24-,25-,26-,31-/m0/s1. The van der Waals surface area contributed by atoms with Crippen molar-refractivity contribution in [1.29, 1.82) is 0 Å². The molecule has 8 atom stereocenters. The molecule has 1 aliphatic heterocycles. The summed E-state index contributed by atoms with van der Waals surface area (Å²) in [4.78, 5) is 150. The average Bonchev–Trinajstić information content (AvgIpc) is 3.80. The van der Waals surface area contributed by atoms with Crippen molar-refractivity contribution in [1.82, 2.24) is 47.9 Å². The monoisotopic (exact) mass is 943 g/mol. The van der Waals surface area contributed by atoms with Crippen LogP contribution in [0.25, 0.3) is 0 Å². The molecule has 1 rings (SSSR count). The molecule has 0 radical (unpaired) electrons. The second kappa shape index (κ2) is 29.9. The van der Waals surface area contributed by atoms with Gasteiger partial charge < -0.3 is 79.7 Å². The minimum absolute atomic E-state index is 0.0700. The lowest BCUT2D eigenvalue weighted by Crippen LogP contribution is -2.60. The van der Waals surface area contributed by atoms with Gasteiger partial charge in [-0.1, -0.05) is 13.8 Å². The van der Waals surface area contributed by atoms with Gasteiger partial charge in [0.2, 0.25) is 53.2 Å². The van der Waals surface area contributed by atoms with E-state index < -0.39 is 164 Å². The fourth-order valence-corrected chi connectivity index (χ4v) is 6.29. The van der Waals surface area contributed by atoms with Crippen molar-refractivity contribution in [3.63, 3.8) is 0 Å². The summed E-state index contributed by atoms with van der Waals surface area (Å²) in [7, 11) is 0. The van der Waals surface area contributed by atoms with Crippen LogP contribution in [0.5, 0.6) is 0 Å². The molecule has 1 saturated heterocycles. The molecule has 27 heteroatoms. The van der Waals surface area contributed by atoms with Crippen LogP contribution in [0.4, 0.5) is 0 Å². The Morgan fingerprint density at radius 3 is 1.65 bits per heavy atom. The van der Waals surface area contributed by atoms with Gasteiger partial charge in [0.1, 0.15) is 42.3 Å². The van der Waals surface area contributed by atoms with E-state index in [1.807, 2.05) is 5.32 Å². The normalized spacial score (nSPS) is 16.4. The van der Waals surface area contributed by atoms with Gasteiger partial charge in [-0.25, -0.2) is 4.79 Å². The summed E-state index contributed by atoms with van der Waals surface area (Å²) in [5.74, 6) is -12.9. The first kappa shape index (κ1) is 57.5. The van der Waals surface area contributed by atoms with E-state index in [4.69, 9.17) is 16.6 Å². The number of hydrogen-bond donors (Lipinski definition) is 15. The number of carbonyl (C=O) groups is 12. The molecule has 0 aromatic rings. The molecule has 1 heterocycles. The smallest absolute Gasteiger partial charge is 0.326 e. The maximum absolute atomic E-state index is 13.5. The Morgan fingerprint density at radius 2 is 1.12 bits per heavy atom. The zero-order chi connectivity index (χ0) is 50.1. The second-order valence-electron chi connectivity index (χ2n) is 15.9. The molecule has 0 bridgehead atoms. The summed E-state index contributed by atoms with van der Waals surface area (Å²) < 4.78 is 0. The highest BCUT2D eigenvalue weighted by atomic mass is 16.4. The number of unbranched alkanes of at least 4 members (excludes halogenated alkanes) is 1. The van der Waals surface area contributed by atoms with Gasteiger partial charge in [0, 0.05) is 19.3 Å². The van der Waals surface area contributed by atoms with Crippen molar-refractivity contribution in [3.05, 3.63) is 0 Å². The van der Waals surface area contributed by atoms with Crippen molar-refractivity contribution in [2.75, 3.05) is 26.2 Å². The van der Waals surface area contributed by atoms with Crippen molar-refractivity contribution in [3.8, 4) is 0 Å². The van der Waals surface area contributed by atoms with Crippen molar-refractivity contribution < 1.29 is 78.0 Å². The zero-order valence-electron chi connectivity index (χ0n) is 37.1. The quantitative estimate of drug-likeness (QED) is 0.0279. The largest absolute Gasteiger partial charge is 0.481 e. The molecule has 0 unspecified atom stereocenters. The molecule has 0 spiro atoms. The molecule has 0 aromatic carbocycles. The first-order chi connectivity index (χ1) is 31.0. The Morgan fingerprint density at radius 1 is 0.606 bits per heavy atom. The number of carbonyl (C=O) groups excluding carboxylic acids is 9. The molecule has 17 N–H and O–H groups in total. The lowest BCUT2D eigenvalue weighted by Gasteiger charge is -2.27. The fourth-order valence-electron chi connectivity index (χ4n) is 6.29. The Bertz CT molecular complexity index is 1740. The van der Waals surface area contributed by atoms with Crippen LogP contribution in [0.2, 0.25) is 0 Å². The Balaban J connectivity index is 3.07. The van der Waals surface area contributed by atoms with Gasteiger partial charge in [-0.3, -0.25) is 52.7 Å². The van der Waals surface area contributed by atoms with E-state index in [1.165, 1.54) is 6.92 Å². The van der Waals surface area contributed by atoms with Crippen LogP contribution in [-0.4, -0.2) is 166 Å². The van der Waals surface area contributed by atoms with Gasteiger partial charge in [0.15, 0.2) is 0 Å². The molecule has 372 valence electrons. The number of amides is 9. The maximum Gasteiger partial charge on any atom is 0.326 e. The maximum atomic E-state index is 13.5. The first-order valence-electron chi connectivity index (χ1n) is 21.4. The summed E-state index contributed by atoms with van der Waals surface area (Å²) in [6.07, 6.45) is -0.814. The lowest BCUT2D eigenvalue weighted by molar-refractivity contribution is -0.144. The number of carboxylic acids is 3. The Hall–Kier alpha value is -6.48. The minimum Gasteiger partial charge on any atom is -0.481 e. The van der Waals surface area contributed by atoms with Crippen LogP contribution < -0.4 is 59.3 Å². The molecule has 1 aliphatic rings. The minimum atomic E-state index is -1.74. The molecule has 9 amide bonds. The Labute approximate surface area is 379 Å². The second-order valence-corrected chi connectivity index (χ2v) is 15.9. The zero-order valence-corrected chi connectivity index (χ0v) is 37.1. The van der Waals surface area contributed by atoms with E-state index in [9.17, 15) is 72.9 Å². The van der Waals surface area contributed by atoms with Crippen LogP contribution in [-0.2, 0) is 57.5 Å². The number of aliphatic hydroxyl groups excluding tert-OH is 1. The summed E-state index contributed by atoms with van der Waals surface area (Å²) >= 11 is 0. The Kier molecular flexibility index (Phi) is 26.0. The average molecular weight is 944 g/mol. The van der Waals surface area contributed by atoms with E-state index in [0.29, 0.717) is 19.4 Å². The highest BCUT2D eigenvalue weighted by molar-refractivity contribution is 5.97. The van der Waals surface area contributed by atoms with E-state index in [-0.39, 0.29) is 32.2 Å². The van der Waals surface area contributed by atoms with Gasteiger partial charge in [0.25, 0.3) is 0 Å². The van der Waals surface area contributed by atoms with Gasteiger partial charge in [-0.15, -0.1) is 0 Å².